The fraction of sp³-hybridized carbons (Fsp3) is 0.889. The molecule has 2 aliphatic heterocycles. The molecule has 2 bridgehead atoms. The van der Waals surface area contributed by atoms with E-state index in [0.717, 1.165) is 25.3 Å². The molecular formula is C18H34N4O3. The Morgan fingerprint density at radius 2 is 2.08 bits per heavy atom. The lowest BCUT2D eigenvalue weighted by atomic mass is 9.96. The molecular weight excluding hydrogens is 320 g/mol. The van der Waals surface area contributed by atoms with Crippen LogP contribution < -0.4 is 10.6 Å². The van der Waals surface area contributed by atoms with E-state index in [9.17, 15) is 4.79 Å². The Hall–Kier alpha value is -1.50. The highest BCUT2D eigenvalue weighted by atomic mass is 16.6. The van der Waals surface area contributed by atoms with Crippen LogP contribution in [0.1, 0.15) is 53.9 Å². The summed E-state index contributed by atoms with van der Waals surface area (Å²) in [6.07, 6.45) is 3.79. The number of aliphatic imine (C=N–C) groups is 1. The van der Waals surface area contributed by atoms with Gasteiger partial charge in [-0.25, -0.2) is 4.79 Å². The maximum absolute atomic E-state index is 12.2. The minimum atomic E-state index is -0.480. The molecule has 0 aromatic rings. The lowest BCUT2D eigenvalue weighted by Gasteiger charge is -2.26. The van der Waals surface area contributed by atoms with E-state index in [1.807, 2.05) is 34.6 Å². The van der Waals surface area contributed by atoms with Gasteiger partial charge in [-0.3, -0.25) is 4.99 Å². The van der Waals surface area contributed by atoms with Crippen molar-refractivity contribution in [2.24, 2.45) is 4.99 Å². The smallest absolute Gasteiger partial charge is 0.410 e. The standard InChI is InChI=1S/C18H34N4O3/c1-6-19-16(21-14-12-13-8-9-15(14)24-13)20-10-11-22(7-2)17(23)25-18(3,4)5/h13-15H,6-12H2,1-5H3,(H2,19,20,21). The predicted octanol–water partition coefficient (Wildman–Crippen LogP) is 2.12. The molecule has 7 heteroatoms. The third-order valence-electron chi connectivity index (χ3n) is 4.45. The van der Waals surface area contributed by atoms with Gasteiger partial charge in [-0.1, -0.05) is 0 Å². The highest BCUT2D eigenvalue weighted by Gasteiger charge is 2.41. The molecule has 1 amide bonds. The van der Waals surface area contributed by atoms with Gasteiger partial charge in [0.1, 0.15) is 5.60 Å². The van der Waals surface area contributed by atoms with Gasteiger partial charge >= 0.3 is 6.09 Å². The Morgan fingerprint density at radius 3 is 2.60 bits per heavy atom. The number of hydrogen-bond donors (Lipinski definition) is 2. The maximum Gasteiger partial charge on any atom is 0.410 e. The van der Waals surface area contributed by atoms with Crippen molar-refractivity contribution in [3.8, 4) is 0 Å². The van der Waals surface area contributed by atoms with Crippen molar-refractivity contribution in [3.63, 3.8) is 0 Å². The van der Waals surface area contributed by atoms with Crippen LogP contribution in [-0.4, -0.2) is 67.0 Å². The summed E-state index contributed by atoms with van der Waals surface area (Å²) in [5.41, 5.74) is -0.480. The molecule has 25 heavy (non-hydrogen) atoms. The number of guanidine groups is 1. The van der Waals surface area contributed by atoms with Crippen molar-refractivity contribution >= 4 is 12.1 Å². The summed E-state index contributed by atoms with van der Waals surface area (Å²) >= 11 is 0. The molecule has 2 N–H and O–H groups in total. The van der Waals surface area contributed by atoms with Crippen LogP contribution in [0.25, 0.3) is 0 Å². The molecule has 2 fully saturated rings. The Morgan fingerprint density at radius 1 is 1.32 bits per heavy atom. The Balaban J connectivity index is 1.84. The highest BCUT2D eigenvalue weighted by Crippen LogP contribution is 2.34. The van der Waals surface area contributed by atoms with Gasteiger partial charge in [0.15, 0.2) is 5.96 Å². The first kappa shape index (κ1) is 19.8. The molecule has 0 aromatic carbocycles. The quantitative estimate of drug-likeness (QED) is 0.564. The monoisotopic (exact) mass is 354 g/mol. The van der Waals surface area contributed by atoms with Gasteiger partial charge in [0.25, 0.3) is 0 Å². The topological polar surface area (TPSA) is 75.2 Å². The number of amides is 1. The molecule has 3 unspecified atom stereocenters. The molecule has 0 spiro atoms. The number of ether oxygens (including phenoxy) is 2. The molecule has 0 aliphatic carbocycles. The number of hydrogen-bond acceptors (Lipinski definition) is 4. The van der Waals surface area contributed by atoms with Crippen molar-refractivity contribution in [2.45, 2.75) is 77.7 Å². The molecule has 7 nitrogen and oxygen atoms in total. The number of carbonyl (C=O) groups excluding carboxylic acids is 1. The predicted molar refractivity (Wildman–Crippen MR) is 98.9 cm³/mol. The van der Waals surface area contributed by atoms with Gasteiger partial charge in [-0.15, -0.1) is 0 Å². The fourth-order valence-corrected chi connectivity index (χ4v) is 3.27. The second-order valence-electron chi connectivity index (χ2n) is 7.68. The van der Waals surface area contributed by atoms with E-state index < -0.39 is 5.60 Å². The van der Waals surface area contributed by atoms with Crippen LogP contribution in [0.4, 0.5) is 4.79 Å². The van der Waals surface area contributed by atoms with Crippen LogP contribution >= 0.6 is 0 Å². The zero-order chi connectivity index (χ0) is 18.4. The fourth-order valence-electron chi connectivity index (χ4n) is 3.27. The van der Waals surface area contributed by atoms with Gasteiger partial charge in [0.05, 0.1) is 24.8 Å². The summed E-state index contributed by atoms with van der Waals surface area (Å²) in [6.45, 7) is 12.1. The summed E-state index contributed by atoms with van der Waals surface area (Å²) in [6, 6.07) is 0.338. The van der Waals surface area contributed by atoms with Crippen molar-refractivity contribution in [1.29, 1.82) is 0 Å². The van der Waals surface area contributed by atoms with E-state index in [1.54, 1.807) is 4.90 Å². The molecule has 0 radical (unpaired) electrons. The minimum Gasteiger partial charge on any atom is -0.444 e. The van der Waals surface area contributed by atoms with Crippen LogP contribution in [-0.2, 0) is 9.47 Å². The summed E-state index contributed by atoms with van der Waals surface area (Å²) in [5.74, 6) is 0.795. The Bertz CT molecular complexity index is 475. The summed E-state index contributed by atoms with van der Waals surface area (Å²) in [4.78, 5) is 18.5. The number of likely N-dealkylation sites (N-methyl/N-ethyl adjacent to an activating group) is 1. The van der Waals surface area contributed by atoms with Gasteiger partial charge in [0.2, 0.25) is 0 Å². The molecule has 2 heterocycles. The van der Waals surface area contributed by atoms with Crippen LogP contribution in [0, 0.1) is 0 Å². The molecule has 144 valence electrons. The number of fused-ring (bicyclic) bond motifs is 2. The lowest BCUT2D eigenvalue weighted by molar-refractivity contribution is 0.0266. The molecule has 0 aromatic heterocycles. The van der Waals surface area contributed by atoms with E-state index in [2.05, 4.69) is 15.6 Å². The first-order valence-electron chi connectivity index (χ1n) is 9.50. The zero-order valence-corrected chi connectivity index (χ0v) is 16.3. The zero-order valence-electron chi connectivity index (χ0n) is 16.3. The van der Waals surface area contributed by atoms with Gasteiger partial charge in [0, 0.05) is 19.6 Å². The lowest BCUT2D eigenvalue weighted by Crippen LogP contribution is -2.47. The van der Waals surface area contributed by atoms with Crippen molar-refractivity contribution < 1.29 is 14.3 Å². The molecule has 2 aliphatic rings. The average Bonchev–Trinajstić information content (AvgIpc) is 3.12. The maximum atomic E-state index is 12.2. The third-order valence-corrected chi connectivity index (χ3v) is 4.45. The molecule has 3 atom stereocenters. The summed E-state index contributed by atoms with van der Waals surface area (Å²) in [7, 11) is 0. The largest absolute Gasteiger partial charge is 0.444 e. The number of nitrogens with one attached hydrogen (secondary N) is 2. The van der Waals surface area contributed by atoms with E-state index in [4.69, 9.17) is 9.47 Å². The SMILES string of the molecule is CCNC(=NCCN(CC)C(=O)OC(C)(C)C)NC1CC2CCC1O2. The van der Waals surface area contributed by atoms with Gasteiger partial charge in [-0.2, -0.15) is 0 Å². The average molecular weight is 354 g/mol. The Labute approximate surface area is 151 Å². The Kier molecular flexibility index (Phi) is 6.93. The van der Waals surface area contributed by atoms with Gasteiger partial charge < -0.3 is 25.0 Å². The van der Waals surface area contributed by atoms with Crippen molar-refractivity contribution in [1.82, 2.24) is 15.5 Å². The van der Waals surface area contributed by atoms with Crippen LogP contribution in [0.15, 0.2) is 4.99 Å². The first-order valence-corrected chi connectivity index (χ1v) is 9.50. The van der Waals surface area contributed by atoms with Gasteiger partial charge in [-0.05, 0) is 53.9 Å². The molecule has 2 rings (SSSR count). The minimum absolute atomic E-state index is 0.287. The third kappa shape index (κ3) is 6.06. The van der Waals surface area contributed by atoms with E-state index >= 15 is 0 Å². The number of rotatable bonds is 6. The highest BCUT2D eigenvalue weighted by molar-refractivity contribution is 5.80. The summed E-state index contributed by atoms with van der Waals surface area (Å²) in [5, 5.41) is 6.76. The second kappa shape index (κ2) is 8.74. The van der Waals surface area contributed by atoms with Crippen LogP contribution in [0.5, 0.6) is 0 Å². The summed E-state index contributed by atoms with van der Waals surface area (Å²) < 4.78 is 11.3. The normalized spacial score (nSPS) is 25.8. The van der Waals surface area contributed by atoms with E-state index in [-0.39, 0.29) is 6.09 Å². The number of nitrogens with zero attached hydrogens (tertiary/aromatic N) is 2. The molecule has 2 saturated heterocycles. The van der Waals surface area contributed by atoms with E-state index in [0.29, 0.717) is 37.9 Å². The second-order valence-corrected chi connectivity index (χ2v) is 7.68. The van der Waals surface area contributed by atoms with Crippen LogP contribution in [0.3, 0.4) is 0 Å². The first-order chi connectivity index (χ1) is 11.8. The van der Waals surface area contributed by atoms with Crippen molar-refractivity contribution in [2.75, 3.05) is 26.2 Å². The number of carbonyl (C=O) groups is 1. The van der Waals surface area contributed by atoms with Crippen molar-refractivity contribution in [3.05, 3.63) is 0 Å². The van der Waals surface area contributed by atoms with Crippen LogP contribution in [0.2, 0.25) is 0 Å². The van der Waals surface area contributed by atoms with E-state index in [1.165, 1.54) is 6.42 Å². The molecule has 0 saturated carbocycles.